The van der Waals surface area contributed by atoms with E-state index in [-0.39, 0.29) is 0 Å². The lowest BCUT2D eigenvalue weighted by Crippen LogP contribution is -2.19. The average Bonchev–Trinajstić information content (AvgIpc) is 2.64. The summed E-state index contributed by atoms with van der Waals surface area (Å²) in [6, 6.07) is 16.8. The second-order valence-electron chi connectivity index (χ2n) is 6.32. The van der Waals surface area contributed by atoms with Crippen LogP contribution in [0.5, 0.6) is 5.75 Å². The maximum atomic E-state index is 9.10. The monoisotopic (exact) mass is 451 g/mol. The molecule has 0 aliphatic carbocycles. The van der Waals surface area contributed by atoms with Gasteiger partial charge in [0, 0.05) is 6.54 Å². The van der Waals surface area contributed by atoms with Crippen LogP contribution in [0.15, 0.2) is 53.0 Å². The topological polar surface area (TPSA) is 87.1 Å². The van der Waals surface area contributed by atoms with Crippen LogP contribution in [0, 0.1) is 6.92 Å². The highest BCUT2D eigenvalue weighted by atomic mass is 79.9. The number of benzene rings is 2. The van der Waals surface area contributed by atoms with Crippen LogP contribution in [0.3, 0.4) is 0 Å². The molecule has 0 amide bonds. The first-order valence-electron chi connectivity index (χ1n) is 8.87. The van der Waals surface area contributed by atoms with Gasteiger partial charge in [-0.05, 0) is 72.5 Å². The predicted octanol–water partition coefficient (Wildman–Crippen LogP) is 4.20. The van der Waals surface area contributed by atoms with Gasteiger partial charge >= 0.3 is 11.9 Å². The third kappa shape index (κ3) is 10.1. The van der Waals surface area contributed by atoms with Crippen LogP contribution in [-0.4, -0.2) is 47.3 Å². The summed E-state index contributed by atoms with van der Waals surface area (Å²) in [7, 11) is 2.17. The molecule has 0 radical (unpaired) electrons. The van der Waals surface area contributed by atoms with E-state index in [2.05, 4.69) is 77.3 Å². The van der Waals surface area contributed by atoms with Crippen molar-refractivity contribution in [3.8, 4) is 5.75 Å². The molecule has 2 rings (SSSR count). The Morgan fingerprint density at radius 1 is 1.04 bits per heavy atom. The van der Waals surface area contributed by atoms with E-state index in [9.17, 15) is 0 Å². The number of rotatable bonds is 8. The summed E-state index contributed by atoms with van der Waals surface area (Å²) in [5, 5.41) is 14.8. The van der Waals surface area contributed by atoms with Crippen molar-refractivity contribution >= 4 is 27.9 Å². The van der Waals surface area contributed by atoms with Crippen molar-refractivity contribution < 1.29 is 24.5 Å². The van der Waals surface area contributed by atoms with E-state index in [1.54, 1.807) is 0 Å². The molecule has 0 spiro atoms. The Morgan fingerprint density at radius 2 is 1.68 bits per heavy atom. The lowest BCUT2D eigenvalue weighted by atomic mass is 10.2. The smallest absolute Gasteiger partial charge is 0.414 e. The Kier molecular flexibility index (Phi) is 10.9. The van der Waals surface area contributed by atoms with Crippen molar-refractivity contribution in [3.05, 3.63) is 64.1 Å². The zero-order chi connectivity index (χ0) is 20.9. The van der Waals surface area contributed by atoms with E-state index in [1.165, 1.54) is 11.1 Å². The van der Waals surface area contributed by atoms with E-state index in [0.29, 0.717) is 0 Å². The van der Waals surface area contributed by atoms with Gasteiger partial charge in [0.1, 0.15) is 5.75 Å². The molecule has 152 valence electrons. The van der Waals surface area contributed by atoms with E-state index >= 15 is 0 Å². The second-order valence-corrected chi connectivity index (χ2v) is 7.18. The minimum atomic E-state index is -1.82. The highest BCUT2D eigenvalue weighted by Crippen LogP contribution is 2.25. The summed E-state index contributed by atoms with van der Waals surface area (Å²) in [5.74, 6) is -2.71. The van der Waals surface area contributed by atoms with E-state index in [1.807, 2.05) is 6.07 Å². The Morgan fingerprint density at radius 3 is 2.25 bits per heavy atom. The zero-order valence-corrected chi connectivity index (χ0v) is 17.7. The molecule has 2 N–H and O–H groups in total. The number of carboxylic acid groups (broad SMARTS) is 2. The van der Waals surface area contributed by atoms with Crippen LogP contribution >= 0.6 is 15.9 Å². The van der Waals surface area contributed by atoms with Gasteiger partial charge in [-0.3, -0.25) is 0 Å². The first-order chi connectivity index (χ1) is 13.3. The van der Waals surface area contributed by atoms with Gasteiger partial charge in [-0.15, -0.1) is 0 Å². The summed E-state index contributed by atoms with van der Waals surface area (Å²) in [4.78, 5) is 20.6. The van der Waals surface area contributed by atoms with Crippen LogP contribution in [0.4, 0.5) is 0 Å². The number of nitrogens with zero attached hydrogens (tertiary/aromatic N) is 1. The van der Waals surface area contributed by atoms with Gasteiger partial charge in [0.05, 0.1) is 11.1 Å². The van der Waals surface area contributed by atoms with E-state index in [0.717, 1.165) is 42.8 Å². The number of unbranched alkanes of at least 4 members (excludes halogenated alkanes) is 1. The molecule has 0 atom stereocenters. The number of aryl methyl sites for hydroxylation is 1. The third-order valence-electron chi connectivity index (χ3n) is 3.76. The Labute approximate surface area is 173 Å². The van der Waals surface area contributed by atoms with Crippen molar-refractivity contribution in [1.29, 1.82) is 0 Å². The number of carboxylic acids is 2. The fourth-order valence-corrected chi connectivity index (χ4v) is 2.97. The van der Waals surface area contributed by atoms with Crippen LogP contribution in [-0.2, 0) is 16.1 Å². The molecule has 7 heteroatoms. The number of hydrogen-bond donors (Lipinski definition) is 2. The van der Waals surface area contributed by atoms with Gasteiger partial charge in [-0.2, -0.15) is 0 Å². The van der Waals surface area contributed by atoms with Gasteiger partial charge < -0.3 is 19.8 Å². The number of carbonyl (C=O) groups is 2. The Bertz CT molecular complexity index is 740. The average molecular weight is 452 g/mol. The minimum absolute atomic E-state index is 0.765. The van der Waals surface area contributed by atoms with Crippen LogP contribution < -0.4 is 4.74 Å². The number of hydrogen-bond acceptors (Lipinski definition) is 4. The summed E-state index contributed by atoms with van der Waals surface area (Å²) >= 11 is 3.54. The third-order valence-corrected chi connectivity index (χ3v) is 4.38. The van der Waals surface area contributed by atoms with Gasteiger partial charge in [0.25, 0.3) is 0 Å². The predicted molar refractivity (Wildman–Crippen MR) is 112 cm³/mol. The first-order valence-corrected chi connectivity index (χ1v) is 9.66. The van der Waals surface area contributed by atoms with Crippen LogP contribution in [0.25, 0.3) is 0 Å². The molecule has 0 fully saturated rings. The summed E-state index contributed by atoms with van der Waals surface area (Å²) in [6.45, 7) is 4.94. The zero-order valence-electron chi connectivity index (χ0n) is 16.1. The van der Waals surface area contributed by atoms with E-state index in [4.69, 9.17) is 24.5 Å². The normalized spacial score (nSPS) is 10.1. The lowest BCUT2D eigenvalue weighted by Gasteiger charge is -2.16. The molecule has 2 aromatic rings. The van der Waals surface area contributed by atoms with Crippen molar-refractivity contribution in [3.63, 3.8) is 0 Å². The molecule has 6 nitrogen and oxygen atoms in total. The number of ether oxygens (including phenoxy) is 1. The largest absolute Gasteiger partial charge is 0.492 e. The highest BCUT2D eigenvalue weighted by molar-refractivity contribution is 9.10. The standard InChI is InChI=1S/C19H24BrNO.C2H2O4/c1-16-10-11-19(18(20)14-16)22-13-7-6-12-21(2)15-17-8-4-3-5-9-17;3-1(4)2(5)6/h3-5,8-11,14H,6-7,12-13,15H2,1-2H3;(H,3,4)(H,5,6). The van der Waals surface area contributed by atoms with Crippen molar-refractivity contribution in [2.75, 3.05) is 20.2 Å². The van der Waals surface area contributed by atoms with Gasteiger partial charge in [-0.1, -0.05) is 36.4 Å². The van der Waals surface area contributed by atoms with Crippen molar-refractivity contribution in [1.82, 2.24) is 4.90 Å². The summed E-state index contributed by atoms with van der Waals surface area (Å²) in [6.07, 6.45) is 2.21. The second kappa shape index (κ2) is 12.9. The Balaban J connectivity index is 0.000000568. The summed E-state index contributed by atoms with van der Waals surface area (Å²) < 4.78 is 6.86. The maximum Gasteiger partial charge on any atom is 0.414 e. The molecule has 0 aliphatic heterocycles. The summed E-state index contributed by atoms with van der Waals surface area (Å²) in [5.41, 5.74) is 2.60. The lowest BCUT2D eigenvalue weighted by molar-refractivity contribution is -0.159. The molecule has 0 saturated heterocycles. The maximum absolute atomic E-state index is 9.10. The fraction of sp³-hybridized carbons (Fsp3) is 0.333. The minimum Gasteiger partial charge on any atom is -0.492 e. The number of halogens is 1. The molecule has 0 aliphatic rings. The van der Waals surface area contributed by atoms with Crippen LogP contribution in [0.2, 0.25) is 0 Å². The molecule has 2 aromatic carbocycles. The molecule has 0 bridgehead atoms. The van der Waals surface area contributed by atoms with Crippen molar-refractivity contribution in [2.24, 2.45) is 0 Å². The highest BCUT2D eigenvalue weighted by Gasteiger charge is 2.04. The molecule has 0 heterocycles. The fourth-order valence-electron chi connectivity index (χ4n) is 2.36. The molecule has 0 unspecified atom stereocenters. The van der Waals surface area contributed by atoms with Gasteiger partial charge in [0.15, 0.2) is 0 Å². The first kappa shape index (κ1) is 23.7. The number of aliphatic carboxylic acids is 2. The van der Waals surface area contributed by atoms with E-state index < -0.39 is 11.9 Å². The SMILES string of the molecule is Cc1ccc(OCCCCN(C)Cc2ccccc2)c(Br)c1.O=C(O)C(=O)O. The molecule has 0 saturated carbocycles. The van der Waals surface area contributed by atoms with Gasteiger partial charge in [0.2, 0.25) is 0 Å². The molecular formula is C21H26BrNO5. The molecular weight excluding hydrogens is 426 g/mol. The van der Waals surface area contributed by atoms with Crippen molar-refractivity contribution in [2.45, 2.75) is 26.3 Å². The van der Waals surface area contributed by atoms with Gasteiger partial charge in [-0.25, -0.2) is 9.59 Å². The van der Waals surface area contributed by atoms with Crippen LogP contribution in [0.1, 0.15) is 24.0 Å². The molecule has 28 heavy (non-hydrogen) atoms. The quantitative estimate of drug-likeness (QED) is 0.461. The molecule has 0 aromatic heterocycles. The Hall–Kier alpha value is -2.38.